The zero-order chi connectivity index (χ0) is 21.8. The minimum absolute atomic E-state index is 0.0431. The van der Waals surface area contributed by atoms with Crippen LogP contribution in [0.4, 0.5) is 0 Å². The molecule has 0 atom stereocenters. The van der Waals surface area contributed by atoms with Crippen molar-refractivity contribution >= 4 is 15.9 Å². The molecule has 0 aliphatic carbocycles. The zero-order valence-corrected chi connectivity index (χ0v) is 20.0. The van der Waals surface area contributed by atoms with Gasteiger partial charge in [0.2, 0.25) is 15.9 Å². The maximum absolute atomic E-state index is 13.3. The van der Waals surface area contributed by atoms with Gasteiger partial charge in [-0.25, -0.2) is 12.7 Å². The van der Waals surface area contributed by atoms with Gasteiger partial charge < -0.3 is 9.64 Å². The molecule has 30 heavy (non-hydrogen) atoms. The van der Waals surface area contributed by atoms with Gasteiger partial charge in [-0.15, -0.1) is 0 Å². The molecule has 0 spiro atoms. The number of ether oxygens (including phenoxy) is 1. The summed E-state index contributed by atoms with van der Waals surface area (Å²) in [6, 6.07) is 0. The summed E-state index contributed by atoms with van der Waals surface area (Å²) in [7, 11) is -3.17. The van der Waals surface area contributed by atoms with Gasteiger partial charge in [0.15, 0.2) is 0 Å². The molecule has 0 aromatic rings. The van der Waals surface area contributed by atoms with Crippen LogP contribution in [0.15, 0.2) is 0 Å². The first kappa shape index (κ1) is 25.6. The Hall–Kier alpha value is -0.700. The largest absolute Gasteiger partial charge is 0.379 e. The second kappa shape index (κ2) is 13.7. The van der Waals surface area contributed by atoms with Gasteiger partial charge in [0.1, 0.15) is 0 Å². The molecular weight excluding hydrogens is 402 g/mol. The molecule has 1 amide bonds. The summed E-state index contributed by atoms with van der Waals surface area (Å²) in [6.45, 7) is 11.1. The number of hydrogen-bond acceptors (Lipinski definition) is 5. The lowest BCUT2D eigenvalue weighted by Crippen LogP contribution is -2.47. The third-order valence-corrected chi connectivity index (χ3v) is 8.29. The molecule has 2 fully saturated rings. The fraction of sp³-hybridized carbons (Fsp3) is 0.955. The van der Waals surface area contributed by atoms with Crippen LogP contribution in [0.1, 0.15) is 65.2 Å². The Morgan fingerprint density at radius 2 is 1.60 bits per heavy atom. The lowest BCUT2D eigenvalue weighted by atomic mass is 9.96. The highest BCUT2D eigenvalue weighted by atomic mass is 32.2. The average molecular weight is 446 g/mol. The number of amides is 1. The molecule has 0 N–H and O–H groups in total. The van der Waals surface area contributed by atoms with E-state index in [0.29, 0.717) is 32.4 Å². The maximum Gasteiger partial charge on any atom is 0.225 e. The predicted molar refractivity (Wildman–Crippen MR) is 121 cm³/mol. The summed E-state index contributed by atoms with van der Waals surface area (Å²) in [4.78, 5) is 17.7. The smallest absolute Gasteiger partial charge is 0.225 e. The molecule has 2 heterocycles. The molecule has 0 unspecified atom stereocenters. The third kappa shape index (κ3) is 8.44. The predicted octanol–water partition coefficient (Wildman–Crippen LogP) is 2.57. The Labute approximate surface area is 184 Å². The molecule has 2 aliphatic rings. The Morgan fingerprint density at radius 1 is 0.933 bits per heavy atom. The van der Waals surface area contributed by atoms with Gasteiger partial charge in [-0.1, -0.05) is 39.5 Å². The van der Waals surface area contributed by atoms with E-state index in [-0.39, 0.29) is 17.6 Å². The first-order valence-corrected chi connectivity index (χ1v) is 13.7. The van der Waals surface area contributed by atoms with E-state index in [0.717, 1.165) is 65.2 Å². The molecule has 0 radical (unpaired) electrons. The van der Waals surface area contributed by atoms with E-state index in [9.17, 15) is 13.2 Å². The van der Waals surface area contributed by atoms with Gasteiger partial charge in [0.25, 0.3) is 0 Å². The monoisotopic (exact) mass is 445 g/mol. The molecule has 176 valence electrons. The van der Waals surface area contributed by atoms with Crippen molar-refractivity contribution in [1.82, 2.24) is 14.1 Å². The van der Waals surface area contributed by atoms with Crippen LogP contribution < -0.4 is 0 Å². The number of rotatable bonds is 13. The number of carbonyl (C=O) groups excluding carboxylic acids is 1. The van der Waals surface area contributed by atoms with Crippen LogP contribution in [0.2, 0.25) is 0 Å². The normalized spacial score (nSPS) is 19.8. The number of carbonyl (C=O) groups is 1. The molecule has 2 saturated heterocycles. The van der Waals surface area contributed by atoms with Gasteiger partial charge in [-0.2, -0.15) is 0 Å². The second-order valence-corrected chi connectivity index (χ2v) is 10.8. The zero-order valence-electron chi connectivity index (χ0n) is 19.2. The van der Waals surface area contributed by atoms with Crippen molar-refractivity contribution < 1.29 is 17.9 Å². The van der Waals surface area contributed by atoms with Crippen LogP contribution in [0.25, 0.3) is 0 Å². The summed E-state index contributed by atoms with van der Waals surface area (Å²) < 4.78 is 31.9. The first-order valence-electron chi connectivity index (χ1n) is 12.0. The van der Waals surface area contributed by atoms with E-state index < -0.39 is 10.0 Å². The lowest BCUT2D eigenvalue weighted by molar-refractivity contribution is -0.137. The van der Waals surface area contributed by atoms with Gasteiger partial charge in [0.05, 0.1) is 19.0 Å². The molecule has 2 rings (SSSR count). The van der Waals surface area contributed by atoms with E-state index in [1.54, 1.807) is 4.31 Å². The van der Waals surface area contributed by atoms with Crippen molar-refractivity contribution in [2.75, 3.05) is 64.8 Å². The van der Waals surface area contributed by atoms with Crippen LogP contribution >= 0.6 is 0 Å². The molecule has 0 aromatic heterocycles. The van der Waals surface area contributed by atoms with Gasteiger partial charge >= 0.3 is 0 Å². The summed E-state index contributed by atoms with van der Waals surface area (Å²) >= 11 is 0. The third-order valence-electron chi connectivity index (χ3n) is 6.34. The quantitative estimate of drug-likeness (QED) is 0.408. The van der Waals surface area contributed by atoms with Gasteiger partial charge in [-0.3, -0.25) is 9.69 Å². The summed E-state index contributed by atoms with van der Waals surface area (Å²) in [6.07, 6.45) is 7.48. The number of morpholine rings is 1. The van der Waals surface area contributed by atoms with Gasteiger partial charge in [-0.05, 0) is 25.7 Å². The van der Waals surface area contributed by atoms with Crippen molar-refractivity contribution in [2.45, 2.75) is 65.2 Å². The van der Waals surface area contributed by atoms with E-state index in [1.165, 1.54) is 12.8 Å². The van der Waals surface area contributed by atoms with E-state index in [2.05, 4.69) is 16.7 Å². The number of unbranched alkanes of at least 4 members (excludes halogenated alkanes) is 4. The minimum Gasteiger partial charge on any atom is -0.379 e. The van der Waals surface area contributed by atoms with Crippen LogP contribution in [-0.2, 0) is 19.6 Å². The van der Waals surface area contributed by atoms with Gasteiger partial charge in [0, 0.05) is 51.7 Å². The molecule has 7 nitrogen and oxygen atoms in total. The Bertz CT molecular complexity index is 585. The highest BCUT2D eigenvalue weighted by Crippen LogP contribution is 2.23. The van der Waals surface area contributed by atoms with E-state index in [4.69, 9.17) is 4.74 Å². The molecule has 2 aliphatic heterocycles. The Kier molecular flexibility index (Phi) is 11.6. The minimum atomic E-state index is -3.17. The Morgan fingerprint density at radius 3 is 2.23 bits per heavy atom. The molecule has 0 bridgehead atoms. The number of hydrogen-bond donors (Lipinski definition) is 0. The Balaban J connectivity index is 1.87. The fourth-order valence-corrected chi connectivity index (χ4v) is 5.92. The van der Waals surface area contributed by atoms with Crippen molar-refractivity contribution in [2.24, 2.45) is 5.92 Å². The van der Waals surface area contributed by atoms with Crippen molar-refractivity contribution in [3.05, 3.63) is 0 Å². The van der Waals surface area contributed by atoms with Crippen LogP contribution in [0, 0.1) is 5.92 Å². The van der Waals surface area contributed by atoms with Crippen LogP contribution in [-0.4, -0.2) is 93.2 Å². The highest BCUT2D eigenvalue weighted by Gasteiger charge is 2.32. The summed E-state index contributed by atoms with van der Waals surface area (Å²) in [5.74, 6) is 0.412. The molecule has 0 aromatic carbocycles. The topological polar surface area (TPSA) is 70.2 Å². The van der Waals surface area contributed by atoms with Crippen LogP contribution in [0.3, 0.4) is 0 Å². The first-order chi connectivity index (χ1) is 14.5. The molecular formula is C22H43N3O4S. The van der Waals surface area contributed by atoms with Crippen molar-refractivity contribution in [3.8, 4) is 0 Å². The molecule has 8 heteroatoms. The van der Waals surface area contributed by atoms with Crippen molar-refractivity contribution in [3.63, 3.8) is 0 Å². The number of sulfonamides is 1. The summed E-state index contributed by atoms with van der Waals surface area (Å²) in [5.41, 5.74) is 0. The van der Waals surface area contributed by atoms with Crippen molar-refractivity contribution in [1.29, 1.82) is 0 Å². The lowest BCUT2D eigenvalue weighted by Gasteiger charge is -2.35. The molecule has 0 saturated carbocycles. The average Bonchev–Trinajstić information content (AvgIpc) is 2.77. The van der Waals surface area contributed by atoms with E-state index in [1.807, 2.05) is 6.92 Å². The van der Waals surface area contributed by atoms with E-state index >= 15 is 0 Å². The SMILES string of the molecule is CCCCCCN(CCN1CCOCC1)C(=O)C1CCN(S(=O)(=O)CCCC)CC1. The second-order valence-electron chi connectivity index (χ2n) is 8.68. The highest BCUT2D eigenvalue weighted by molar-refractivity contribution is 7.89. The number of piperidine rings is 1. The number of nitrogens with zero attached hydrogens (tertiary/aromatic N) is 3. The summed E-state index contributed by atoms with van der Waals surface area (Å²) in [5, 5.41) is 0. The van der Waals surface area contributed by atoms with Crippen LogP contribution in [0.5, 0.6) is 0 Å². The standard InChI is InChI=1S/C22H43N3O4S/c1-3-5-7-8-11-24(15-14-23-16-18-29-19-17-23)22(26)21-9-12-25(13-10-21)30(27,28)20-6-4-2/h21H,3-20H2,1-2H3. The fourth-order valence-electron chi connectivity index (χ4n) is 4.24. The maximum atomic E-state index is 13.3.